The number of aromatic nitrogens is 3. The van der Waals surface area contributed by atoms with Crippen molar-refractivity contribution in [1.82, 2.24) is 15.2 Å². The first kappa shape index (κ1) is 8.69. The van der Waals surface area contributed by atoms with Crippen molar-refractivity contribution in [2.24, 2.45) is 5.73 Å². The van der Waals surface area contributed by atoms with E-state index in [0.29, 0.717) is 5.92 Å². The second-order valence-electron chi connectivity index (χ2n) is 4.58. The van der Waals surface area contributed by atoms with Crippen LogP contribution in [0.1, 0.15) is 44.3 Å². The predicted octanol–water partition coefficient (Wildman–Crippen LogP) is 0.962. The van der Waals surface area contributed by atoms with Gasteiger partial charge in [0.1, 0.15) is 5.82 Å². The minimum Gasteiger partial charge on any atom is -0.325 e. The van der Waals surface area contributed by atoms with Crippen molar-refractivity contribution < 1.29 is 0 Å². The summed E-state index contributed by atoms with van der Waals surface area (Å²) in [6.45, 7) is 3.98. The summed E-state index contributed by atoms with van der Waals surface area (Å²) in [5, 5.41) is 7.11. The second-order valence-corrected chi connectivity index (χ2v) is 4.58. The molecule has 4 nitrogen and oxygen atoms in total. The van der Waals surface area contributed by atoms with Crippen molar-refractivity contribution in [3.8, 4) is 0 Å². The zero-order chi connectivity index (χ0) is 9.47. The molecule has 3 N–H and O–H groups in total. The fourth-order valence-electron chi connectivity index (χ4n) is 1.34. The van der Waals surface area contributed by atoms with Crippen LogP contribution < -0.4 is 5.73 Å². The zero-order valence-corrected chi connectivity index (χ0v) is 8.17. The zero-order valence-electron chi connectivity index (χ0n) is 8.17. The second kappa shape index (κ2) is 2.80. The predicted molar refractivity (Wildman–Crippen MR) is 50.3 cm³/mol. The third kappa shape index (κ3) is 2.28. The normalized spacial score (nSPS) is 17.8. The van der Waals surface area contributed by atoms with E-state index in [1.165, 1.54) is 12.8 Å². The molecule has 13 heavy (non-hydrogen) atoms. The number of hydrogen-bond acceptors (Lipinski definition) is 3. The van der Waals surface area contributed by atoms with Gasteiger partial charge in [0.15, 0.2) is 5.82 Å². The molecule has 0 radical (unpaired) electrons. The van der Waals surface area contributed by atoms with E-state index in [2.05, 4.69) is 15.2 Å². The number of rotatable bonds is 3. The van der Waals surface area contributed by atoms with Gasteiger partial charge in [-0.25, -0.2) is 4.98 Å². The van der Waals surface area contributed by atoms with Gasteiger partial charge in [0, 0.05) is 17.9 Å². The van der Waals surface area contributed by atoms with Gasteiger partial charge in [0.25, 0.3) is 0 Å². The van der Waals surface area contributed by atoms with Crippen LogP contribution in [0.2, 0.25) is 0 Å². The Labute approximate surface area is 77.9 Å². The molecular formula is C9H16N4. The van der Waals surface area contributed by atoms with E-state index >= 15 is 0 Å². The minimum atomic E-state index is -0.208. The van der Waals surface area contributed by atoms with Gasteiger partial charge in [-0.05, 0) is 26.7 Å². The van der Waals surface area contributed by atoms with Crippen LogP contribution >= 0.6 is 0 Å². The van der Waals surface area contributed by atoms with Crippen molar-refractivity contribution in [3.05, 3.63) is 11.6 Å². The monoisotopic (exact) mass is 180 g/mol. The molecular weight excluding hydrogens is 164 g/mol. The smallest absolute Gasteiger partial charge is 0.153 e. The number of nitrogens with two attached hydrogens (primary N) is 1. The third-order valence-electron chi connectivity index (χ3n) is 2.11. The molecule has 1 heterocycles. The molecule has 0 unspecified atom stereocenters. The first-order valence-electron chi connectivity index (χ1n) is 4.75. The number of nitrogens with one attached hydrogen (secondary N) is 1. The van der Waals surface area contributed by atoms with Gasteiger partial charge in [-0.3, -0.25) is 5.10 Å². The van der Waals surface area contributed by atoms with Crippen LogP contribution in [0.4, 0.5) is 0 Å². The van der Waals surface area contributed by atoms with E-state index in [9.17, 15) is 0 Å². The van der Waals surface area contributed by atoms with Gasteiger partial charge in [0.05, 0.1) is 0 Å². The molecule has 1 saturated carbocycles. The highest BCUT2D eigenvalue weighted by atomic mass is 15.2. The molecule has 0 saturated heterocycles. The molecule has 1 aromatic heterocycles. The Kier molecular flexibility index (Phi) is 1.87. The summed E-state index contributed by atoms with van der Waals surface area (Å²) in [6.07, 6.45) is 3.24. The standard InChI is InChI=1S/C9H16N4/c1-9(2,10)5-7-11-8(13-12-7)6-3-4-6/h6H,3-5,10H2,1-2H3,(H,11,12,13). The van der Waals surface area contributed by atoms with Gasteiger partial charge in [0.2, 0.25) is 0 Å². The maximum absolute atomic E-state index is 5.88. The van der Waals surface area contributed by atoms with Crippen LogP contribution in [0, 0.1) is 0 Å². The van der Waals surface area contributed by atoms with Crippen molar-refractivity contribution in [3.63, 3.8) is 0 Å². The van der Waals surface area contributed by atoms with Gasteiger partial charge < -0.3 is 5.73 Å². The Morgan fingerprint density at radius 1 is 1.54 bits per heavy atom. The molecule has 4 heteroatoms. The average molecular weight is 180 g/mol. The first-order valence-corrected chi connectivity index (χ1v) is 4.75. The van der Waals surface area contributed by atoms with Crippen LogP contribution in [0.25, 0.3) is 0 Å². The Morgan fingerprint density at radius 3 is 2.77 bits per heavy atom. The molecule has 0 spiro atoms. The van der Waals surface area contributed by atoms with Crippen molar-refractivity contribution in [2.75, 3.05) is 0 Å². The Hall–Kier alpha value is -0.900. The highest BCUT2D eigenvalue weighted by Gasteiger charge is 2.28. The number of hydrogen-bond donors (Lipinski definition) is 2. The molecule has 1 aliphatic rings. The number of aromatic amines is 1. The first-order chi connectivity index (χ1) is 6.04. The Balaban J connectivity index is 2.04. The summed E-state index contributed by atoms with van der Waals surface area (Å²) >= 11 is 0. The highest BCUT2D eigenvalue weighted by Crippen LogP contribution is 2.37. The lowest BCUT2D eigenvalue weighted by Gasteiger charge is -2.15. The molecule has 0 amide bonds. The largest absolute Gasteiger partial charge is 0.325 e. The van der Waals surface area contributed by atoms with Gasteiger partial charge >= 0.3 is 0 Å². The summed E-state index contributed by atoms with van der Waals surface area (Å²) < 4.78 is 0. The molecule has 0 aliphatic heterocycles. The molecule has 1 aliphatic carbocycles. The molecule has 0 atom stereocenters. The molecule has 2 rings (SSSR count). The topological polar surface area (TPSA) is 67.6 Å². The SMILES string of the molecule is CC(C)(N)Cc1nc(C2CC2)n[nH]1. The van der Waals surface area contributed by atoms with E-state index in [1.54, 1.807) is 0 Å². The van der Waals surface area contributed by atoms with E-state index in [0.717, 1.165) is 18.1 Å². The maximum atomic E-state index is 5.88. The molecule has 1 aromatic rings. The van der Waals surface area contributed by atoms with Crippen LogP contribution in [0.5, 0.6) is 0 Å². The molecule has 1 fully saturated rings. The lowest BCUT2D eigenvalue weighted by Crippen LogP contribution is -2.34. The van der Waals surface area contributed by atoms with Gasteiger partial charge in [-0.1, -0.05) is 0 Å². The fourth-order valence-corrected chi connectivity index (χ4v) is 1.34. The Morgan fingerprint density at radius 2 is 2.23 bits per heavy atom. The fraction of sp³-hybridized carbons (Fsp3) is 0.778. The average Bonchev–Trinajstić information content (AvgIpc) is 2.72. The summed E-state index contributed by atoms with van der Waals surface area (Å²) in [5.74, 6) is 2.50. The molecule has 0 aromatic carbocycles. The van der Waals surface area contributed by atoms with Crippen molar-refractivity contribution in [2.45, 2.75) is 44.6 Å². The lowest BCUT2D eigenvalue weighted by atomic mass is 10.0. The van der Waals surface area contributed by atoms with E-state index in [-0.39, 0.29) is 5.54 Å². The van der Waals surface area contributed by atoms with E-state index in [1.807, 2.05) is 13.8 Å². The van der Waals surface area contributed by atoms with Gasteiger partial charge in [-0.2, -0.15) is 5.10 Å². The van der Waals surface area contributed by atoms with Crippen LogP contribution in [-0.2, 0) is 6.42 Å². The summed E-state index contributed by atoms with van der Waals surface area (Å²) in [5.41, 5.74) is 5.67. The minimum absolute atomic E-state index is 0.208. The van der Waals surface area contributed by atoms with Gasteiger partial charge in [-0.15, -0.1) is 0 Å². The van der Waals surface area contributed by atoms with Crippen LogP contribution in [-0.4, -0.2) is 20.7 Å². The number of nitrogens with zero attached hydrogens (tertiary/aromatic N) is 2. The quantitative estimate of drug-likeness (QED) is 0.728. The van der Waals surface area contributed by atoms with E-state index in [4.69, 9.17) is 5.73 Å². The summed E-state index contributed by atoms with van der Waals surface area (Å²) in [6, 6.07) is 0. The lowest BCUT2D eigenvalue weighted by molar-refractivity contribution is 0.503. The van der Waals surface area contributed by atoms with E-state index < -0.39 is 0 Å². The van der Waals surface area contributed by atoms with Crippen molar-refractivity contribution in [1.29, 1.82) is 0 Å². The summed E-state index contributed by atoms with van der Waals surface area (Å²) in [7, 11) is 0. The van der Waals surface area contributed by atoms with Crippen molar-refractivity contribution >= 4 is 0 Å². The maximum Gasteiger partial charge on any atom is 0.153 e. The summed E-state index contributed by atoms with van der Waals surface area (Å²) in [4.78, 5) is 4.41. The molecule has 72 valence electrons. The third-order valence-corrected chi connectivity index (χ3v) is 2.11. The highest BCUT2D eigenvalue weighted by molar-refractivity contribution is 5.06. The van der Waals surface area contributed by atoms with Crippen LogP contribution in [0.3, 0.4) is 0 Å². The Bertz CT molecular complexity index is 293. The van der Waals surface area contributed by atoms with Crippen LogP contribution in [0.15, 0.2) is 0 Å². The number of H-pyrrole nitrogens is 1. The molecule has 0 bridgehead atoms.